The lowest BCUT2D eigenvalue weighted by atomic mass is 10.1. The molecule has 1 atom stereocenters. The monoisotopic (exact) mass is 296 g/mol. The molecule has 0 fully saturated rings. The van der Waals surface area contributed by atoms with E-state index in [1.54, 1.807) is 7.11 Å². The zero-order valence-corrected chi connectivity index (χ0v) is 14.3. The quantitative estimate of drug-likeness (QED) is 0.709. The van der Waals surface area contributed by atoms with Crippen molar-refractivity contribution in [2.75, 3.05) is 25.2 Å². The van der Waals surface area contributed by atoms with Crippen LogP contribution in [0.25, 0.3) is 0 Å². The second-order valence-electron chi connectivity index (χ2n) is 5.08. The van der Waals surface area contributed by atoms with Crippen LogP contribution in [0.15, 0.2) is 6.20 Å². The molecule has 0 radical (unpaired) electrons. The molecule has 1 aromatic rings. The highest BCUT2D eigenvalue weighted by atomic mass is 32.2. The topological polar surface area (TPSA) is 34.1 Å². The molecule has 1 unspecified atom stereocenters. The smallest absolute Gasteiger partial charge is 0.128 e. The molecule has 114 valence electrons. The molecule has 0 bridgehead atoms. The lowest BCUT2D eigenvalue weighted by Crippen LogP contribution is -2.34. The normalized spacial score (nSPS) is 12.4. The van der Waals surface area contributed by atoms with E-state index < -0.39 is 0 Å². The molecule has 0 aliphatic heterocycles. The van der Waals surface area contributed by atoms with Crippen molar-refractivity contribution in [2.24, 2.45) is 0 Å². The van der Waals surface area contributed by atoms with Gasteiger partial charge in [-0.2, -0.15) is 11.8 Å². The van der Waals surface area contributed by atoms with Crippen molar-refractivity contribution in [3.8, 4) is 5.75 Å². The van der Waals surface area contributed by atoms with Crippen LogP contribution < -0.4 is 10.1 Å². The lowest BCUT2D eigenvalue weighted by Gasteiger charge is -2.19. The number of aryl methyl sites for hydroxylation is 1. The van der Waals surface area contributed by atoms with Gasteiger partial charge < -0.3 is 10.1 Å². The van der Waals surface area contributed by atoms with E-state index in [1.165, 1.54) is 17.7 Å². The highest BCUT2D eigenvalue weighted by Crippen LogP contribution is 2.25. The van der Waals surface area contributed by atoms with Crippen LogP contribution in [0.3, 0.4) is 0 Å². The first-order chi connectivity index (χ1) is 9.63. The first-order valence-corrected chi connectivity index (χ1v) is 8.59. The van der Waals surface area contributed by atoms with E-state index in [9.17, 15) is 0 Å². The van der Waals surface area contributed by atoms with Crippen molar-refractivity contribution < 1.29 is 4.74 Å². The molecular formula is C16H28N2OS. The number of hydrogen-bond acceptors (Lipinski definition) is 4. The summed E-state index contributed by atoms with van der Waals surface area (Å²) in [5.41, 5.74) is 3.43. The molecule has 1 N–H and O–H groups in total. The van der Waals surface area contributed by atoms with Crippen LogP contribution in [0.2, 0.25) is 0 Å². The number of thioether (sulfide) groups is 1. The Labute approximate surface area is 127 Å². The zero-order chi connectivity index (χ0) is 15.0. The van der Waals surface area contributed by atoms with Crippen molar-refractivity contribution in [1.82, 2.24) is 10.3 Å². The van der Waals surface area contributed by atoms with Crippen LogP contribution in [-0.2, 0) is 6.42 Å². The number of pyridine rings is 1. The van der Waals surface area contributed by atoms with Crippen molar-refractivity contribution in [3.05, 3.63) is 23.0 Å². The minimum Gasteiger partial charge on any atom is -0.496 e. The molecular weight excluding hydrogens is 268 g/mol. The van der Waals surface area contributed by atoms with Crippen LogP contribution in [0.1, 0.15) is 37.1 Å². The van der Waals surface area contributed by atoms with Gasteiger partial charge in [-0.1, -0.05) is 13.8 Å². The Morgan fingerprint density at radius 1 is 1.35 bits per heavy atom. The fourth-order valence-electron chi connectivity index (χ4n) is 2.36. The van der Waals surface area contributed by atoms with E-state index in [0.29, 0.717) is 6.04 Å². The third-order valence-electron chi connectivity index (χ3n) is 3.35. The minimum absolute atomic E-state index is 0.482. The highest BCUT2D eigenvalue weighted by Gasteiger charge is 2.14. The summed E-state index contributed by atoms with van der Waals surface area (Å²) in [7, 11) is 1.73. The standard InChI is InChI=1S/C16H28N2OS/c1-6-8-20-11-14(17-7-2)9-15-13(4)16(19-5)12(3)10-18-15/h10,14,17H,6-9,11H2,1-5H3. The van der Waals surface area contributed by atoms with Crippen LogP contribution in [0.5, 0.6) is 5.75 Å². The molecule has 3 nitrogen and oxygen atoms in total. The Morgan fingerprint density at radius 2 is 2.10 bits per heavy atom. The molecule has 0 saturated carbocycles. The van der Waals surface area contributed by atoms with Crippen LogP contribution in [0.4, 0.5) is 0 Å². The summed E-state index contributed by atoms with van der Waals surface area (Å²) < 4.78 is 5.49. The van der Waals surface area contributed by atoms with Gasteiger partial charge in [0.05, 0.1) is 7.11 Å². The number of hydrogen-bond donors (Lipinski definition) is 1. The SMILES string of the molecule is CCCSCC(Cc1ncc(C)c(OC)c1C)NCC. The summed E-state index contributed by atoms with van der Waals surface area (Å²) in [5, 5.41) is 3.57. The van der Waals surface area contributed by atoms with E-state index in [0.717, 1.165) is 35.7 Å². The Hall–Kier alpha value is -0.740. The number of nitrogens with zero attached hydrogens (tertiary/aromatic N) is 1. The largest absolute Gasteiger partial charge is 0.496 e. The summed E-state index contributed by atoms with van der Waals surface area (Å²) in [4.78, 5) is 4.61. The van der Waals surface area contributed by atoms with E-state index in [4.69, 9.17) is 4.74 Å². The highest BCUT2D eigenvalue weighted by molar-refractivity contribution is 7.99. The van der Waals surface area contributed by atoms with Gasteiger partial charge in [0, 0.05) is 41.2 Å². The predicted molar refractivity (Wildman–Crippen MR) is 89.0 cm³/mol. The second kappa shape index (κ2) is 9.24. The van der Waals surface area contributed by atoms with Gasteiger partial charge in [0.2, 0.25) is 0 Å². The van der Waals surface area contributed by atoms with Crippen LogP contribution in [-0.4, -0.2) is 36.2 Å². The van der Waals surface area contributed by atoms with Crippen molar-refractivity contribution in [2.45, 2.75) is 46.6 Å². The third-order valence-corrected chi connectivity index (χ3v) is 4.68. The maximum atomic E-state index is 5.49. The number of likely N-dealkylation sites (N-methyl/N-ethyl adjacent to an activating group) is 1. The fraction of sp³-hybridized carbons (Fsp3) is 0.688. The summed E-state index contributed by atoms with van der Waals surface area (Å²) >= 11 is 2.02. The van der Waals surface area contributed by atoms with Gasteiger partial charge in [0.1, 0.15) is 5.75 Å². The molecule has 20 heavy (non-hydrogen) atoms. The van der Waals surface area contributed by atoms with Crippen molar-refractivity contribution >= 4 is 11.8 Å². The molecule has 1 heterocycles. The van der Waals surface area contributed by atoms with E-state index >= 15 is 0 Å². The molecule has 1 rings (SSSR count). The van der Waals surface area contributed by atoms with Gasteiger partial charge in [-0.3, -0.25) is 4.98 Å². The zero-order valence-electron chi connectivity index (χ0n) is 13.5. The Kier molecular flexibility index (Phi) is 8.00. The Bertz CT molecular complexity index is 410. The van der Waals surface area contributed by atoms with E-state index in [2.05, 4.69) is 31.1 Å². The summed E-state index contributed by atoms with van der Waals surface area (Å²) in [5.74, 6) is 3.34. The molecule has 0 aliphatic rings. The number of ether oxygens (including phenoxy) is 1. The number of methoxy groups -OCH3 is 1. The van der Waals surface area contributed by atoms with Gasteiger partial charge in [-0.15, -0.1) is 0 Å². The summed E-state index contributed by atoms with van der Waals surface area (Å²) in [6, 6.07) is 0.482. The molecule has 0 aromatic carbocycles. The predicted octanol–water partition coefficient (Wildman–Crippen LogP) is 3.37. The molecule has 0 saturated heterocycles. The average molecular weight is 296 g/mol. The first kappa shape index (κ1) is 17.3. The van der Waals surface area contributed by atoms with Crippen molar-refractivity contribution in [3.63, 3.8) is 0 Å². The summed E-state index contributed by atoms with van der Waals surface area (Å²) in [6.07, 6.45) is 4.12. The number of aromatic nitrogens is 1. The van der Waals surface area contributed by atoms with E-state index in [1.807, 2.05) is 24.9 Å². The maximum Gasteiger partial charge on any atom is 0.128 e. The van der Waals surface area contributed by atoms with Crippen LogP contribution in [0, 0.1) is 13.8 Å². The van der Waals surface area contributed by atoms with Gasteiger partial charge in [0.25, 0.3) is 0 Å². The average Bonchev–Trinajstić information content (AvgIpc) is 2.43. The molecule has 0 spiro atoms. The van der Waals surface area contributed by atoms with Crippen LogP contribution >= 0.6 is 11.8 Å². The minimum atomic E-state index is 0.482. The van der Waals surface area contributed by atoms with Crippen molar-refractivity contribution in [1.29, 1.82) is 0 Å². The maximum absolute atomic E-state index is 5.49. The molecule has 4 heteroatoms. The summed E-state index contributed by atoms with van der Waals surface area (Å²) in [6.45, 7) is 9.54. The third kappa shape index (κ3) is 4.98. The molecule has 0 amide bonds. The second-order valence-corrected chi connectivity index (χ2v) is 6.23. The Morgan fingerprint density at radius 3 is 2.70 bits per heavy atom. The van der Waals surface area contributed by atoms with Gasteiger partial charge in [-0.05, 0) is 32.6 Å². The van der Waals surface area contributed by atoms with Gasteiger partial charge >= 0.3 is 0 Å². The molecule has 1 aromatic heterocycles. The Balaban J connectivity index is 2.77. The van der Waals surface area contributed by atoms with Gasteiger partial charge in [0.15, 0.2) is 0 Å². The molecule has 0 aliphatic carbocycles. The fourth-order valence-corrected chi connectivity index (χ4v) is 3.33. The number of rotatable bonds is 9. The number of nitrogens with one attached hydrogen (secondary N) is 1. The first-order valence-electron chi connectivity index (χ1n) is 7.44. The lowest BCUT2D eigenvalue weighted by molar-refractivity contribution is 0.406. The van der Waals surface area contributed by atoms with Gasteiger partial charge in [-0.25, -0.2) is 0 Å². The van der Waals surface area contributed by atoms with E-state index in [-0.39, 0.29) is 0 Å².